The fourth-order valence-corrected chi connectivity index (χ4v) is 2.51. The van der Waals surface area contributed by atoms with Crippen molar-refractivity contribution in [2.75, 3.05) is 0 Å². The number of ketones is 1. The van der Waals surface area contributed by atoms with Gasteiger partial charge < -0.3 is 0 Å². The Bertz CT molecular complexity index is 625. The summed E-state index contributed by atoms with van der Waals surface area (Å²) in [5.74, 6) is -0.358. The average Bonchev–Trinajstić information content (AvgIpc) is 2.30. The van der Waals surface area contributed by atoms with Gasteiger partial charge in [0.05, 0.1) is 0 Å². The van der Waals surface area contributed by atoms with Gasteiger partial charge in [-0.2, -0.15) is 0 Å². The first-order chi connectivity index (χ1) is 8.49. The smallest absolute Gasteiger partial charge is 0.159 e. The summed E-state index contributed by atoms with van der Waals surface area (Å²) in [6.45, 7) is 1.49. The van der Waals surface area contributed by atoms with Crippen LogP contribution in [0.4, 0.5) is 4.39 Å². The van der Waals surface area contributed by atoms with Crippen LogP contribution in [0.3, 0.4) is 0 Å². The van der Waals surface area contributed by atoms with Gasteiger partial charge in [-0.3, -0.25) is 4.79 Å². The number of carbonyl (C=O) groups excluding carboxylic acids is 1. The molecule has 0 N–H and O–H groups in total. The monoisotopic (exact) mass is 326 g/mol. The fourth-order valence-electron chi connectivity index (χ4n) is 1.66. The molecule has 4 heteroatoms. The third-order valence-electron chi connectivity index (χ3n) is 2.60. The first-order valence-corrected chi connectivity index (χ1v) is 6.42. The molecule has 2 aromatic carbocycles. The molecule has 2 rings (SSSR count). The van der Waals surface area contributed by atoms with E-state index in [9.17, 15) is 9.18 Å². The fraction of sp³-hybridized carbons (Fsp3) is 0.0714. The largest absolute Gasteiger partial charge is 0.295 e. The van der Waals surface area contributed by atoms with E-state index in [2.05, 4.69) is 15.9 Å². The van der Waals surface area contributed by atoms with Gasteiger partial charge in [-0.25, -0.2) is 4.39 Å². The molecule has 0 unspecified atom stereocenters. The van der Waals surface area contributed by atoms with Crippen molar-refractivity contribution in [3.05, 3.63) is 57.3 Å². The minimum Gasteiger partial charge on any atom is -0.295 e. The third-order valence-corrected chi connectivity index (χ3v) is 3.57. The highest BCUT2D eigenvalue weighted by Crippen LogP contribution is 2.34. The molecule has 0 heterocycles. The molecular formula is C14H9BrClFO. The van der Waals surface area contributed by atoms with Crippen molar-refractivity contribution in [2.24, 2.45) is 0 Å². The van der Waals surface area contributed by atoms with E-state index in [1.807, 2.05) is 0 Å². The number of hydrogen-bond acceptors (Lipinski definition) is 1. The Labute approximate surface area is 118 Å². The van der Waals surface area contributed by atoms with Crippen molar-refractivity contribution < 1.29 is 9.18 Å². The van der Waals surface area contributed by atoms with Crippen molar-refractivity contribution in [3.8, 4) is 11.1 Å². The van der Waals surface area contributed by atoms with Gasteiger partial charge in [0.1, 0.15) is 5.82 Å². The topological polar surface area (TPSA) is 17.1 Å². The summed E-state index contributed by atoms with van der Waals surface area (Å²) >= 11 is 9.45. The molecule has 0 saturated heterocycles. The van der Waals surface area contributed by atoms with Gasteiger partial charge in [0, 0.05) is 20.6 Å². The van der Waals surface area contributed by atoms with Gasteiger partial charge in [0.25, 0.3) is 0 Å². The summed E-state index contributed by atoms with van der Waals surface area (Å²) in [7, 11) is 0. The molecule has 2 aromatic rings. The third kappa shape index (κ3) is 2.62. The van der Waals surface area contributed by atoms with Crippen LogP contribution in [0.5, 0.6) is 0 Å². The number of Topliss-reactive ketones (excluding diaryl/α,β-unsaturated/α-hetero) is 1. The predicted molar refractivity (Wildman–Crippen MR) is 74.6 cm³/mol. The molecule has 0 bridgehead atoms. The van der Waals surface area contributed by atoms with Gasteiger partial charge in [0.2, 0.25) is 0 Å². The maximum atomic E-state index is 13.0. The zero-order valence-corrected chi connectivity index (χ0v) is 11.8. The summed E-state index contributed by atoms with van der Waals surface area (Å²) < 4.78 is 13.7. The number of halogens is 3. The van der Waals surface area contributed by atoms with Crippen LogP contribution in [0.15, 0.2) is 40.9 Å². The predicted octanol–water partition coefficient (Wildman–Crippen LogP) is 5.11. The summed E-state index contributed by atoms with van der Waals surface area (Å²) in [5.41, 5.74) is 2.10. The van der Waals surface area contributed by atoms with Crippen LogP contribution >= 0.6 is 27.5 Å². The van der Waals surface area contributed by atoms with Crippen molar-refractivity contribution in [1.29, 1.82) is 0 Å². The molecule has 0 saturated carbocycles. The molecule has 0 fully saturated rings. The van der Waals surface area contributed by atoms with Gasteiger partial charge in [-0.05, 0) is 30.7 Å². The minimum absolute atomic E-state index is 0.0402. The van der Waals surface area contributed by atoms with E-state index in [4.69, 9.17) is 11.6 Å². The van der Waals surface area contributed by atoms with Crippen molar-refractivity contribution in [2.45, 2.75) is 6.92 Å². The molecule has 92 valence electrons. The van der Waals surface area contributed by atoms with Crippen LogP contribution in [0.25, 0.3) is 11.1 Å². The Morgan fingerprint density at radius 2 is 1.83 bits per heavy atom. The molecule has 0 aliphatic heterocycles. The lowest BCUT2D eigenvalue weighted by Crippen LogP contribution is -1.92. The second-order valence-electron chi connectivity index (χ2n) is 3.87. The molecule has 0 atom stereocenters. The Morgan fingerprint density at radius 3 is 2.39 bits per heavy atom. The van der Waals surface area contributed by atoms with E-state index in [0.717, 1.165) is 11.1 Å². The normalized spacial score (nSPS) is 10.4. The van der Waals surface area contributed by atoms with Gasteiger partial charge in [0.15, 0.2) is 5.78 Å². The minimum atomic E-state index is -0.317. The van der Waals surface area contributed by atoms with E-state index in [-0.39, 0.29) is 11.6 Å². The van der Waals surface area contributed by atoms with Crippen LogP contribution in [-0.4, -0.2) is 5.78 Å². The van der Waals surface area contributed by atoms with E-state index >= 15 is 0 Å². The van der Waals surface area contributed by atoms with Crippen LogP contribution in [-0.2, 0) is 0 Å². The average molecular weight is 328 g/mol. The second-order valence-corrected chi connectivity index (χ2v) is 5.14. The highest BCUT2D eigenvalue weighted by molar-refractivity contribution is 9.10. The lowest BCUT2D eigenvalue weighted by molar-refractivity contribution is 0.101. The number of carbonyl (C=O) groups is 1. The highest BCUT2D eigenvalue weighted by atomic mass is 79.9. The summed E-state index contributed by atoms with van der Waals surface area (Å²) in [6.07, 6.45) is 0. The quantitative estimate of drug-likeness (QED) is 0.700. The molecule has 1 nitrogen and oxygen atoms in total. The lowest BCUT2D eigenvalue weighted by Gasteiger charge is -2.08. The van der Waals surface area contributed by atoms with Crippen molar-refractivity contribution >= 4 is 33.3 Å². The Hall–Kier alpha value is -1.19. The van der Waals surface area contributed by atoms with Gasteiger partial charge in [-0.1, -0.05) is 45.7 Å². The van der Waals surface area contributed by atoms with Gasteiger partial charge >= 0.3 is 0 Å². The van der Waals surface area contributed by atoms with E-state index < -0.39 is 0 Å². The van der Waals surface area contributed by atoms with Crippen molar-refractivity contribution in [1.82, 2.24) is 0 Å². The summed E-state index contributed by atoms with van der Waals surface area (Å²) in [5, 5.41) is 0.468. The number of hydrogen-bond donors (Lipinski definition) is 0. The van der Waals surface area contributed by atoms with Crippen LogP contribution in [0, 0.1) is 5.82 Å². The molecule has 0 aromatic heterocycles. The molecular weight excluding hydrogens is 319 g/mol. The first-order valence-electron chi connectivity index (χ1n) is 5.25. The maximum absolute atomic E-state index is 13.0. The number of rotatable bonds is 2. The summed E-state index contributed by atoms with van der Waals surface area (Å²) in [6, 6.07) is 9.49. The van der Waals surface area contributed by atoms with Crippen LogP contribution < -0.4 is 0 Å². The molecule has 0 amide bonds. The zero-order valence-electron chi connectivity index (χ0n) is 9.51. The van der Waals surface area contributed by atoms with E-state index in [0.29, 0.717) is 15.1 Å². The molecule has 0 spiro atoms. The lowest BCUT2D eigenvalue weighted by atomic mass is 10.0. The zero-order chi connectivity index (χ0) is 13.3. The van der Waals surface area contributed by atoms with Crippen LogP contribution in [0.2, 0.25) is 5.02 Å². The van der Waals surface area contributed by atoms with E-state index in [1.54, 1.807) is 24.3 Å². The first kappa shape index (κ1) is 13.2. The Balaban J connectivity index is 2.54. The van der Waals surface area contributed by atoms with Gasteiger partial charge in [-0.15, -0.1) is 0 Å². The Kier molecular flexibility index (Phi) is 3.83. The SMILES string of the molecule is CC(=O)c1ccc(-c2ccc(F)cc2Br)c(Cl)c1. The standard InChI is InChI=1S/C14H9BrClFO/c1-8(18)9-2-4-12(14(16)6-9)11-5-3-10(17)7-13(11)15/h2-7H,1H3. The second kappa shape index (κ2) is 5.21. The molecule has 18 heavy (non-hydrogen) atoms. The Morgan fingerprint density at radius 1 is 1.17 bits per heavy atom. The molecule has 0 radical (unpaired) electrons. The summed E-state index contributed by atoms with van der Waals surface area (Å²) in [4.78, 5) is 11.2. The highest BCUT2D eigenvalue weighted by Gasteiger charge is 2.10. The maximum Gasteiger partial charge on any atom is 0.159 e. The van der Waals surface area contributed by atoms with E-state index in [1.165, 1.54) is 19.1 Å². The van der Waals surface area contributed by atoms with Crippen LogP contribution in [0.1, 0.15) is 17.3 Å². The van der Waals surface area contributed by atoms with Crippen molar-refractivity contribution in [3.63, 3.8) is 0 Å². The number of benzene rings is 2. The molecule has 0 aliphatic rings. The molecule has 0 aliphatic carbocycles.